The van der Waals surface area contributed by atoms with Gasteiger partial charge in [0.25, 0.3) is 0 Å². The Bertz CT molecular complexity index is 899. The minimum Gasteiger partial charge on any atom is -0.241 e. The third kappa shape index (κ3) is 2.63. The molecular weight excluding hydrogens is 312 g/mol. The first-order chi connectivity index (χ1) is 10.9. The molecule has 0 aliphatic carbocycles. The molecule has 3 aromatic heterocycles. The molecule has 0 aliphatic rings. The van der Waals surface area contributed by atoms with E-state index in [4.69, 9.17) is 0 Å². The van der Waals surface area contributed by atoms with Gasteiger partial charge in [-0.15, -0.1) is 23.1 Å². The molecular formula is C16H12N4S2. The molecule has 4 nitrogen and oxygen atoms in total. The number of benzene rings is 1. The molecule has 1 aromatic carbocycles. The van der Waals surface area contributed by atoms with Crippen LogP contribution in [-0.2, 0) is 5.75 Å². The van der Waals surface area contributed by atoms with Crippen LogP contribution in [0.2, 0.25) is 0 Å². The molecule has 0 bridgehead atoms. The van der Waals surface area contributed by atoms with Crippen LogP contribution in [0.5, 0.6) is 0 Å². The van der Waals surface area contributed by atoms with Gasteiger partial charge in [-0.2, -0.15) is 5.10 Å². The number of nitrogens with zero attached hydrogens (tertiary/aromatic N) is 4. The van der Waals surface area contributed by atoms with Crippen molar-refractivity contribution in [2.24, 2.45) is 0 Å². The van der Waals surface area contributed by atoms with Crippen LogP contribution in [0.4, 0.5) is 0 Å². The molecule has 0 saturated heterocycles. The fourth-order valence-electron chi connectivity index (χ4n) is 2.19. The predicted molar refractivity (Wildman–Crippen MR) is 90.5 cm³/mol. The molecule has 0 fully saturated rings. The van der Waals surface area contributed by atoms with E-state index in [1.165, 1.54) is 5.56 Å². The second kappa shape index (κ2) is 5.90. The zero-order valence-corrected chi connectivity index (χ0v) is 13.2. The van der Waals surface area contributed by atoms with E-state index in [1.54, 1.807) is 29.4 Å². The SMILES string of the molecule is c1ccc(-n2cc(CSc3ncnc4sccc34)cn2)cc1. The van der Waals surface area contributed by atoms with E-state index in [1.807, 2.05) is 41.2 Å². The van der Waals surface area contributed by atoms with Gasteiger partial charge in [0.2, 0.25) is 0 Å². The number of para-hydroxylation sites is 1. The maximum Gasteiger partial charge on any atom is 0.127 e. The van der Waals surface area contributed by atoms with Crippen molar-refractivity contribution in [1.82, 2.24) is 19.7 Å². The number of hydrogen-bond donors (Lipinski definition) is 0. The smallest absolute Gasteiger partial charge is 0.127 e. The van der Waals surface area contributed by atoms with Crippen LogP contribution in [0.15, 0.2) is 65.5 Å². The Labute approximate surface area is 135 Å². The van der Waals surface area contributed by atoms with Crippen molar-refractivity contribution in [3.05, 3.63) is 66.1 Å². The lowest BCUT2D eigenvalue weighted by molar-refractivity contribution is 0.880. The lowest BCUT2D eigenvalue weighted by atomic mass is 10.3. The summed E-state index contributed by atoms with van der Waals surface area (Å²) in [6.45, 7) is 0. The quantitative estimate of drug-likeness (QED) is 0.417. The molecule has 6 heteroatoms. The van der Waals surface area contributed by atoms with Gasteiger partial charge in [-0.1, -0.05) is 18.2 Å². The molecule has 22 heavy (non-hydrogen) atoms. The minimum atomic E-state index is 0.842. The number of thiophene rings is 1. The monoisotopic (exact) mass is 324 g/mol. The number of rotatable bonds is 4. The molecule has 0 atom stereocenters. The van der Waals surface area contributed by atoms with Crippen LogP contribution in [-0.4, -0.2) is 19.7 Å². The van der Waals surface area contributed by atoms with Crippen molar-refractivity contribution in [2.45, 2.75) is 10.8 Å². The van der Waals surface area contributed by atoms with Crippen LogP contribution >= 0.6 is 23.1 Å². The Morgan fingerprint density at radius 1 is 1.09 bits per heavy atom. The highest BCUT2D eigenvalue weighted by molar-refractivity contribution is 7.98. The summed E-state index contributed by atoms with van der Waals surface area (Å²) in [7, 11) is 0. The van der Waals surface area contributed by atoms with Crippen LogP contribution < -0.4 is 0 Å². The average Bonchev–Trinajstić information content (AvgIpc) is 3.23. The third-order valence-electron chi connectivity index (χ3n) is 3.26. The van der Waals surface area contributed by atoms with Gasteiger partial charge in [0, 0.05) is 22.9 Å². The molecule has 3 heterocycles. The first-order valence-corrected chi connectivity index (χ1v) is 8.67. The van der Waals surface area contributed by atoms with Crippen molar-refractivity contribution in [2.75, 3.05) is 0 Å². The van der Waals surface area contributed by atoms with E-state index in [0.717, 1.165) is 26.7 Å². The van der Waals surface area contributed by atoms with Crippen molar-refractivity contribution >= 4 is 33.3 Å². The van der Waals surface area contributed by atoms with Gasteiger partial charge < -0.3 is 0 Å². The van der Waals surface area contributed by atoms with E-state index >= 15 is 0 Å². The Hall–Kier alpha value is -2.18. The summed E-state index contributed by atoms with van der Waals surface area (Å²) in [5.74, 6) is 0.842. The Balaban J connectivity index is 1.53. The summed E-state index contributed by atoms with van der Waals surface area (Å²) in [6, 6.07) is 12.2. The fraction of sp³-hybridized carbons (Fsp3) is 0.0625. The fourth-order valence-corrected chi connectivity index (χ4v) is 3.88. The van der Waals surface area contributed by atoms with E-state index in [-0.39, 0.29) is 0 Å². The molecule has 0 N–H and O–H groups in total. The summed E-state index contributed by atoms with van der Waals surface area (Å²) in [5.41, 5.74) is 2.25. The largest absolute Gasteiger partial charge is 0.241 e. The third-order valence-corrected chi connectivity index (χ3v) is 5.15. The summed E-state index contributed by atoms with van der Waals surface area (Å²) in [4.78, 5) is 9.71. The van der Waals surface area contributed by atoms with Crippen molar-refractivity contribution in [3.63, 3.8) is 0 Å². The standard InChI is InChI=1S/C16H12N4S2/c1-2-4-13(5-3-1)20-9-12(8-19-20)10-22-16-14-6-7-21-15(14)17-11-18-16/h1-9,11H,10H2. The Kier molecular flexibility index (Phi) is 3.62. The molecule has 0 spiro atoms. The van der Waals surface area contributed by atoms with E-state index in [2.05, 4.69) is 32.7 Å². The van der Waals surface area contributed by atoms with Gasteiger partial charge in [0.05, 0.1) is 11.9 Å². The molecule has 4 aromatic rings. The Morgan fingerprint density at radius 2 is 2.00 bits per heavy atom. The lowest BCUT2D eigenvalue weighted by Crippen LogP contribution is -1.92. The highest BCUT2D eigenvalue weighted by Gasteiger charge is 2.07. The van der Waals surface area contributed by atoms with Crippen molar-refractivity contribution < 1.29 is 0 Å². The average molecular weight is 324 g/mol. The summed E-state index contributed by atoms with van der Waals surface area (Å²) < 4.78 is 1.90. The number of fused-ring (bicyclic) bond motifs is 1. The van der Waals surface area contributed by atoms with Gasteiger partial charge in [-0.25, -0.2) is 14.6 Å². The van der Waals surface area contributed by atoms with E-state index < -0.39 is 0 Å². The predicted octanol–water partition coefficient (Wildman–Crippen LogP) is 4.17. The summed E-state index contributed by atoms with van der Waals surface area (Å²) in [6.07, 6.45) is 5.61. The molecule has 0 radical (unpaired) electrons. The van der Waals surface area contributed by atoms with Crippen LogP contribution in [0.25, 0.3) is 15.9 Å². The number of aromatic nitrogens is 4. The lowest BCUT2D eigenvalue weighted by Gasteiger charge is -2.01. The molecule has 0 aliphatic heterocycles. The topological polar surface area (TPSA) is 43.6 Å². The first kappa shape index (κ1) is 13.5. The number of thioether (sulfide) groups is 1. The first-order valence-electron chi connectivity index (χ1n) is 6.80. The highest BCUT2D eigenvalue weighted by Crippen LogP contribution is 2.29. The Morgan fingerprint density at radius 3 is 2.91 bits per heavy atom. The van der Waals surface area contributed by atoms with Crippen molar-refractivity contribution in [3.8, 4) is 5.69 Å². The molecule has 4 rings (SSSR count). The van der Waals surface area contributed by atoms with Gasteiger partial charge in [0.15, 0.2) is 0 Å². The molecule has 108 valence electrons. The van der Waals surface area contributed by atoms with Gasteiger partial charge in [-0.05, 0) is 23.6 Å². The molecule has 0 amide bonds. The zero-order chi connectivity index (χ0) is 14.8. The number of hydrogen-bond acceptors (Lipinski definition) is 5. The molecule has 0 saturated carbocycles. The molecule has 0 unspecified atom stereocenters. The second-order valence-electron chi connectivity index (χ2n) is 4.74. The maximum absolute atomic E-state index is 4.42. The zero-order valence-electron chi connectivity index (χ0n) is 11.6. The van der Waals surface area contributed by atoms with Gasteiger partial charge in [0.1, 0.15) is 16.2 Å². The normalized spacial score (nSPS) is 11.1. The summed E-state index contributed by atoms with van der Waals surface area (Å²) in [5, 5.41) is 8.64. The van der Waals surface area contributed by atoms with E-state index in [0.29, 0.717) is 0 Å². The van der Waals surface area contributed by atoms with Crippen LogP contribution in [0.3, 0.4) is 0 Å². The van der Waals surface area contributed by atoms with E-state index in [9.17, 15) is 0 Å². The second-order valence-corrected chi connectivity index (χ2v) is 6.59. The van der Waals surface area contributed by atoms with Gasteiger partial charge >= 0.3 is 0 Å². The van der Waals surface area contributed by atoms with Crippen LogP contribution in [0, 0.1) is 0 Å². The van der Waals surface area contributed by atoms with Crippen molar-refractivity contribution in [1.29, 1.82) is 0 Å². The maximum atomic E-state index is 4.42. The van der Waals surface area contributed by atoms with Gasteiger partial charge in [-0.3, -0.25) is 0 Å². The minimum absolute atomic E-state index is 0.842. The highest BCUT2D eigenvalue weighted by atomic mass is 32.2. The van der Waals surface area contributed by atoms with Crippen LogP contribution in [0.1, 0.15) is 5.56 Å². The summed E-state index contributed by atoms with van der Waals surface area (Å²) >= 11 is 3.36.